The molecule has 86 valence electrons. The van der Waals surface area contributed by atoms with Gasteiger partial charge in [0.05, 0.1) is 12.1 Å². The molecule has 3 heteroatoms. The van der Waals surface area contributed by atoms with Gasteiger partial charge < -0.3 is 10.1 Å². The van der Waals surface area contributed by atoms with Gasteiger partial charge in [-0.15, -0.1) is 0 Å². The summed E-state index contributed by atoms with van der Waals surface area (Å²) in [5.74, 6) is 0.922. The molecular formula is C12H22N2O. The maximum absolute atomic E-state index is 8.78. The molecule has 0 spiro atoms. The summed E-state index contributed by atoms with van der Waals surface area (Å²) in [6, 6.07) is 2.19. The molecule has 1 saturated carbocycles. The lowest BCUT2D eigenvalue weighted by atomic mass is 9.83. The lowest BCUT2D eigenvalue weighted by Crippen LogP contribution is -2.28. The fourth-order valence-corrected chi connectivity index (χ4v) is 1.79. The van der Waals surface area contributed by atoms with Crippen LogP contribution < -0.4 is 5.32 Å². The van der Waals surface area contributed by atoms with Crippen molar-refractivity contribution < 1.29 is 4.74 Å². The molecule has 0 aromatic carbocycles. The molecule has 1 atom stereocenters. The van der Waals surface area contributed by atoms with Gasteiger partial charge in [-0.25, -0.2) is 0 Å². The summed E-state index contributed by atoms with van der Waals surface area (Å²) in [6.45, 7) is 4.44. The smallest absolute Gasteiger partial charge is 0.0974 e. The van der Waals surface area contributed by atoms with E-state index in [-0.39, 0.29) is 6.04 Å². The number of ether oxygens (including phenoxy) is 1. The Bertz CT molecular complexity index is 196. The highest BCUT2D eigenvalue weighted by Crippen LogP contribution is 2.29. The van der Waals surface area contributed by atoms with Crippen molar-refractivity contribution in [2.45, 2.75) is 45.1 Å². The number of nitrogens with one attached hydrogen (secondary N) is 1. The number of hydrogen-bond acceptors (Lipinski definition) is 3. The van der Waals surface area contributed by atoms with E-state index in [9.17, 15) is 0 Å². The highest BCUT2D eigenvalue weighted by molar-refractivity contribution is 4.88. The zero-order valence-electron chi connectivity index (χ0n) is 9.67. The van der Waals surface area contributed by atoms with E-state index >= 15 is 0 Å². The lowest BCUT2D eigenvalue weighted by molar-refractivity contribution is 0.102. The van der Waals surface area contributed by atoms with Gasteiger partial charge in [0.1, 0.15) is 0 Å². The number of hydrogen-bond donors (Lipinski definition) is 1. The maximum Gasteiger partial charge on any atom is 0.0974 e. The molecule has 0 saturated heterocycles. The fourth-order valence-electron chi connectivity index (χ4n) is 1.79. The second kappa shape index (κ2) is 7.67. The van der Waals surface area contributed by atoms with Crippen molar-refractivity contribution in [3.63, 3.8) is 0 Å². The topological polar surface area (TPSA) is 45.0 Å². The third-order valence-electron chi connectivity index (χ3n) is 3.05. The van der Waals surface area contributed by atoms with Crippen LogP contribution in [0.3, 0.4) is 0 Å². The van der Waals surface area contributed by atoms with Gasteiger partial charge in [-0.2, -0.15) is 5.26 Å². The Balaban J connectivity index is 1.88. The van der Waals surface area contributed by atoms with Gasteiger partial charge in [-0.1, -0.05) is 26.2 Å². The van der Waals surface area contributed by atoms with Crippen molar-refractivity contribution in [1.82, 2.24) is 5.32 Å². The Hall–Kier alpha value is -0.590. The Morgan fingerprint density at radius 1 is 1.47 bits per heavy atom. The normalized spacial score (nSPS) is 18.1. The minimum atomic E-state index is -0.0429. The van der Waals surface area contributed by atoms with Crippen LogP contribution in [0.25, 0.3) is 0 Å². The molecule has 1 aliphatic rings. The molecule has 1 rings (SSSR count). The number of rotatable bonds is 8. The largest absolute Gasteiger partial charge is 0.381 e. The summed E-state index contributed by atoms with van der Waals surface area (Å²) in [5, 5.41) is 11.9. The average molecular weight is 210 g/mol. The van der Waals surface area contributed by atoms with E-state index in [0.29, 0.717) is 6.61 Å². The summed E-state index contributed by atoms with van der Waals surface area (Å²) in [6.07, 6.45) is 6.19. The van der Waals surface area contributed by atoms with E-state index in [1.165, 1.54) is 25.7 Å². The van der Waals surface area contributed by atoms with Gasteiger partial charge >= 0.3 is 0 Å². The number of nitriles is 1. The Labute approximate surface area is 92.8 Å². The standard InChI is InChI=1S/C12H22N2O/c1-2-14-12(10-13)7-9-15-8-6-11-4-3-5-11/h11-12,14H,2-9H2,1H3. The molecule has 0 aromatic heterocycles. The van der Waals surface area contributed by atoms with Crippen LogP contribution in [0.4, 0.5) is 0 Å². The molecule has 1 aliphatic carbocycles. The quantitative estimate of drug-likeness (QED) is 0.624. The van der Waals surface area contributed by atoms with Gasteiger partial charge in [0.2, 0.25) is 0 Å². The van der Waals surface area contributed by atoms with Crippen molar-refractivity contribution >= 4 is 0 Å². The van der Waals surface area contributed by atoms with Gasteiger partial charge in [0.15, 0.2) is 0 Å². The Kier molecular flexibility index (Phi) is 6.38. The predicted molar refractivity (Wildman–Crippen MR) is 60.5 cm³/mol. The van der Waals surface area contributed by atoms with E-state index in [1.807, 2.05) is 6.92 Å². The fraction of sp³-hybridized carbons (Fsp3) is 0.917. The molecule has 0 radical (unpaired) electrons. The van der Waals surface area contributed by atoms with Gasteiger partial charge in [0.25, 0.3) is 0 Å². The summed E-state index contributed by atoms with van der Waals surface area (Å²) >= 11 is 0. The van der Waals surface area contributed by atoms with Crippen molar-refractivity contribution in [3.05, 3.63) is 0 Å². The van der Waals surface area contributed by atoms with E-state index in [2.05, 4.69) is 11.4 Å². The molecule has 0 aromatic rings. The second-order valence-electron chi connectivity index (χ2n) is 4.23. The van der Waals surface area contributed by atoms with Crippen molar-refractivity contribution in [1.29, 1.82) is 5.26 Å². The molecule has 0 bridgehead atoms. The van der Waals surface area contributed by atoms with E-state index in [4.69, 9.17) is 10.00 Å². The summed E-state index contributed by atoms with van der Waals surface area (Å²) in [5.41, 5.74) is 0. The van der Waals surface area contributed by atoms with Crippen LogP contribution >= 0.6 is 0 Å². The van der Waals surface area contributed by atoms with E-state index < -0.39 is 0 Å². The summed E-state index contributed by atoms with van der Waals surface area (Å²) < 4.78 is 5.53. The first-order valence-corrected chi connectivity index (χ1v) is 6.07. The molecule has 1 fully saturated rings. The van der Waals surface area contributed by atoms with Crippen LogP contribution in [0.15, 0.2) is 0 Å². The van der Waals surface area contributed by atoms with E-state index in [1.54, 1.807) is 0 Å². The number of nitrogens with zero attached hydrogens (tertiary/aromatic N) is 1. The van der Waals surface area contributed by atoms with E-state index in [0.717, 1.165) is 25.5 Å². The Morgan fingerprint density at radius 3 is 2.80 bits per heavy atom. The average Bonchev–Trinajstić information content (AvgIpc) is 2.18. The zero-order chi connectivity index (χ0) is 10.9. The molecule has 0 amide bonds. The molecule has 0 heterocycles. The highest BCUT2D eigenvalue weighted by Gasteiger charge is 2.16. The van der Waals surface area contributed by atoms with Crippen LogP contribution in [-0.2, 0) is 4.74 Å². The van der Waals surface area contributed by atoms with Crippen LogP contribution in [0.1, 0.15) is 39.0 Å². The Morgan fingerprint density at radius 2 is 2.27 bits per heavy atom. The molecule has 3 nitrogen and oxygen atoms in total. The van der Waals surface area contributed by atoms with Crippen molar-refractivity contribution in [2.24, 2.45) is 5.92 Å². The summed E-state index contributed by atoms with van der Waals surface area (Å²) in [7, 11) is 0. The third-order valence-corrected chi connectivity index (χ3v) is 3.05. The van der Waals surface area contributed by atoms with Gasteiger partial charge in [-0.05, 0) is 25.3 Å². The molecular weight excluding hydrogens is 188 g/mol. The second-order valence-corrected chi connectivity index (χ2v) is 4.23. The van der Waals surface area contributed by atoms with Crippen LogP contribution in [-0.4, -0.2) is 25.8 Å². The van der Waals surface area contributed by atoms with Gasteiger partial charge in [0, 0.05) is 13.2 Å². The molecule has 15 heavy (non-hydrogen) atoms. The molecule has 1 N–H and O–H groups in total. The minimum absolute atomic E-state index is 0.0429. The SMILES string of the molecule is CCNC(C#N)CCOCCC1CCC1. The first kappa shape index (κ1) is 12.5. The predicted octanol–water partition coefficient (Wildman–Crippen LogP) is 2.08. The first-order chi connectivity index (χ1) is 7.36. The molecule has 0 aliphatic heterocycles. The first-order valence-electron chi connectivity index (χ1n) is 6.07. The molecule has 1 unspecified atom stereocenters. The van der Waals surface area contributed by atoms with Crippen molar-refractivity contribution in [2.75, 3.05) is 19.8 Å². The zero-order valence-corrected chi connectivity index (χ0v) is 9.67. The van der Waals surface area contributed by atoms with Gasteiger partial charge in [-0.3, -0.25) is 0 Å². The lowest BCUT2D eigenvalue weighted by Gasteiger charge is -2.24. The highest BCUT2D eigenvalue weighted by atomic mass is 16.5. The minimum Gasteiger partial charge on any atom is -0.381 e. The van der Waals surface area contributed by atoms with Crippen molar-refractivity contribution in [3.8, 4) is 6.07 Å². The van der Waals surface area contributed by atoms with Crippen LogP contribution in [0, 0.1) is 17.2 Å². The van der Waals surface area contributed by atoms with Crippen LogP contribution in [0.5, 0.6) is 0 Å². The monoisotopic (exact) mass is 210 g/mol. The maximum atomic E-state index is 8.78. The summed E-state index contributed by atoms with van der Waals surface area (Å²) in [4.78, 5) is 0. The van der Waals surface area contributed by atoms with Crippen LogP contribution in [0.2, 0.25) is 0 Å². The third kappa shape index (κ3) is 5.15.